The van der Waals surface area contributed by atoms with Crippen LogP contribution in [0.5, 0.6) is 5.88 Å². The first-order chi connectivity index (χ1) is 6.80. The topological polar surface area (TPSA) is 22.1 Å². The van der Waals surface area contributed by atoms with Gasteiger partial charge in [0, 0.05) is 10.7 Å². The molecule has 1 rings (SSSR count). The third-order valence-electron chi connectivity index (χ3n) is 1.52. The number of ether oxygens (including phenoxy) is 1. The second-order valence-electron chi connectivity index (χ2n) is 2.74. The van der Waals surface area contributed by atoms with E-state index in [2.05, 4.69) is 25.7 Å². The normalized spacial score (nSPS) is 13.7. The van der Waals surface area contributed by atoms with E-state index < -0.39 is 12.3 Å². The van der Waals surface area contributed by atoms with E-state index in [1.165, 1.54) is 12.3 Å². The van der Waals surface area contributed by atoms with Gasteiger partial charge in [0.2, 0.25) is 5.88 Å². The molecule has 84 valence electrons. The average Bonchev–Trinajstić information content (AvgIpc) is 2.08. The summed E-state index contributed by atoms with van der Waals surface area (Å²) in [7, 11) is 0. The molecule has 0 aliphatic rings. The van der Waals surface area contributed by atoms with Crippen LogP contribution in [0.4, 0.5) is 13.2 Å². The fourth-order valence-electron chi connectivity index (χ4n) is 0.723. The van der Waals surface area contributed by atoms with Crippen molar-refractivity contribution in [2.45, 2.75) is 19.2 Å². The Bertz CT molecular complexity index is 358. The van der Waals surface area contributed by atoms with Crippen LogP contribution in [0.2, 0.25) is 5.02 Å². The van der Waals surface area contributed by atoms with Gasteiger partial charge in [0.05, 0.1) is 0 Å². The molecule has 15 heavy (non-hydrogen) atoms. The van der Waals surface area contributed by atoms with Gasteiger partial charge in [0.15, 0.2) is 6.10 Å². The van der Waals surface area contributed by atoms with E-state index in [-0.39, 0.29) is 10.9 Å². The molecule has 2 nitrogen and oxygen atoms in total. The SMILES string of the molecule is CC(Oc1ncc(Br)cc1Cl)C(F)(F)F. The second kappa shape index (κ2) is 4.57. The average molecular weight is 304 g/mol. The van der Waals surface area contributed by atoms with Gasteiger partial charge in [0.1, 0.15) is 5.02 Å². The van der Waals surface area contributed by atoms with Crippen molar-refractivity contribution in [2.24, 2.45) is 0 Å². The molecule has 0 N–H and O–H groups in total. The van der Waals surface area contributed by atoms with Crippen molar-refractivity contribution in [3.8, 4) is 5.88 Å². The Balaban J connectivity index is 2.82. The lowest BCUT2D eigenvalue weighted by Crippen LogP contribution is -2.31. The number of halogens is 5. The zero-order valence-corrected chi connectivity index (χ0v) is 9.82. The van der Waals surface area contributed by atoms with Crippen molar-refractivity contribution in [3.63, 3.8) is 0 Å². The van der Waals surface area contributed by atoms with Crippen LogP contribution in [0.3, 0.4) is 0 Å². The van der Waals surface area contributed by atoms with E-state index in [9.17, 15) is 13.2 Å². The predicted octanol–water partition coefficient (Wildman–Crippen LogP) is 3.83. The van der Waals surface area contributed by atoms with Crippen LogP contribution in [-0.4, -0.2) is 17.3 Å². The highest BCUT2D eigenvalue weighted by atomic mass is 79.9. The molecular weight excluding hydrogens is 298 g/mol. The maximum atomic E-state index is 12.1. The number of aromatic nitrogens is 1. The lowest BCUT2D eigenvalue weighted by atomic mass is 10.4. The first-order valence-corrected chi connectivity index (χ1v) is 5.02. The second-order valence-corrected chi connectivity index (χ2v) is 4.07. The van der Waals surface area contributed by atoms with Gasteiger partial charge in [-0.05, 0) is 28.9 Å². The molecule has 1 heterocycles. The van der Waals surface area contributed by atoms with E-state index in [0.29, 0.717) is 4.47 Å². The minimum absolute atomic E-state index is 0.0282. The zero-order valence-electron chi connectivity index (χ0n) is 7.48. The molecule has 0 amide bonds. The highest BCUT2D eigenvalue weighted by Crippen LogP contribution is 2.29. The van der Waals surface area contributed by atoms with Crippen LogP contribution in [0, 0.1) is 0 Å². The quantitative estimate of drug-likeness (QED) is 0.828. The summed E-state index contributed by atoms with van der Waals surface area (Å²) in [5, 5.41) is 0.0282. The van der Waals surface area contributed by atoms with Crippen molar-refractivity contribution in [1.29, 1.82) is 0 Å². The Labute approximate surface area is 97.5 Å². The molecule has 1 aromatic rings. The van der Waals surface area contributed by atoms with Gasteiger partial charge in [-0.25, -0.2) is 4.98 Å². The van der Waals surface area contributed by atoms with Gasteiger partial charge in [0.25, 0.3) is 0 Å². The largest absolute Gasteiger partial charge is 0.464 e. The van der Waals surface area contributed by atoms with E-state index in [4.69, 9.17) is 11.6 Å². The highest BCUT2D eigenvalue weighted by molar-refractivity contribution is 9.10. The lowest BCUT2D eigenvalue weighted by molar-refractivity contribution is -0.189. The Hall–Kier alpha value is -0.490. The van der Waals surface area contributed by atoms with Gasteiger partial charge in [-0.2, -0.15) is 13.2 Å². The molecule has 0 spiro atoms. The maximum Gasteiger partial charge on any atom is 0.425 e. The van der Waals surface area contributed by atoms with E-state index in [1.54, 1.807) is 0 Å². The molecule has 0 bridgehead atoms. The number of hydrogen-bond donors (Lipinski definition) is 0. The molecule has 0 aliphatic heterocycles. The van der Waals surface area contributed by atoms with Crippen molar-refractivity contribution >= 4 is 27.5 Å². The first kappa shape index (κ1) is 12.6. The van der Waals surface area contributed by atoms with Crippen LogP contribution < -0.4 is 4.74 Å². The molecule has 0 fully saturated rings. The molecule has 1 atom stereocenters. The summed E-state index contributed by atoms with van der Waals surface area (Å²) < 4.78 is 41.6. The summed E-state index contributed by atoms with van der Waals surface area (Å²) in [6.45, 7) is 0.889. The maximum absolute atomic E-state index is 12.1. The molecule has 7 heteroatoms. The number of hydrogen-bond acceptors (Lipinski definition) is 2. The van der Waals surface area contributed by atoms with Crippen LogP contribution in [0.25, 0.3) is 0 Å². The van der Waals surface area contributed by atoms with E-state index >= 15 is 0 Å². The van der Waals surface area contributed by atoms with Gasteiger partial charge >= 0.3 is 6.18 Å². The van der Waals surface area contributed by atoms with Gasteiger partial charge in [-0.3, -0.25) is 0 Å². The fraction of sp³-hybridized carbons (Fsp3) is 0.375. The number of pyridine rings is 1. The third-order valence-corrected chi connectivity index (χ3v) is 2.23. The van der Waals surface area contributed by atoms with Gasteiger partial charge in [-0.15, -0.1) is 0 Å². The number of alkyl halides is 3. The fourth-order valence-corrected chi connectivity index (χ4v) is 1.40. The van der Waals surface area contributed by atoms with Gasteiger partial charge in [-0.1, -0.05) is 11.6 Å². The van der Waals surface area contributed by atoms with E-state index in [1.807, 2.05) is 0 Å². The Morgan fingerprint density at radius 1 is 1.53 bits per heavy atom. The summed E-state index contributed by atoms with van der Waals surface area (Å²) in [6, 6.07) is 1.41. The Morgan fingerprint density at radius 2 is 2.13 bits per heavy atom. The predicted molar refractivity (Wildman–Crippen MR) is 53.1 cm³/mol. The van der Waals surface area contributed by atoms with Crippen LogP contribution in [-0.2, 0) is 0 Å². The molecule has 1 unspecified atom stereocenters. The van der Waals surface area contributed by atoms with Crippen molar-refractivity contribution in [2.75, 3.05) is 0 Å². The molecule has 0 radical (unpaired) electrons. The lowest BCUT2D eigenvalue weighted by Gasteiger charge is -2.17. The number of nitrogens with zero attached hydrogens (tertiary/aromatic N) is 1. The van der Waals surface area contributed by atoms with Crippen LogP contribution in [0.15, 0.2) is 16.7 Å². The Kier molecular flexibility index (Phi) is 3.83. The standard InChI is InChI=1S/C8H6BrClF3NO/c1-4(8(11,12)13)15-7-6(10)2-5(9)3-14-7/h2-4H,1H3. The van der Waals surface area contributed by atoms with Crippen LogP contribution >= 0.6 is 27.5 Å². The van der Waals surface area contributed by atoms with Crippen LogP contribution in [0.1, 0.15) is 6.92 Å². The minimum atomic E-state index is -4.43. The molecule has 0 aliphatic carbocycles. The first-order valence-electron chi connectivity index (χ1n) is 3.85. The zero-order chi connectivity index (χ0) is 11.6. The van der Waals surface area contributed by atoms with E-state index in [0.717, 1.165) is 6.92 Å². The summed E-state index contributed by atoms with van der Waals surface area (Å²) in [5.41, 5.74) is 0. The van der Waals surface area contributed by atoms with Gasteiger partial charge < -0.3 is 4.74 Å². The smallest absolute Gasteiger partial charge is 0.425 e. The summed E-state index contributed by atoms with van der Waals surface area (Å²) in [4.78, 5) is 3.63. The molecule has 0 saturated heterocycles. The summed E-state index contributed by atoms with van der Waals surface area (Å²) in [5.74, 6) is -0.232. The molecule has 0 saturated carbocycles. The summed E-state index contributed by atoms with van der Waals surface area (Å²) >= 11 is 8.72. The number of rotatable bonds is 2. The molecule has 0 aromatic carbocycles. The van der Waals surface area contributed by atoms with Crippen molar-refractivity contribution in [3.05, 3.63) is 21.8 Å². The summed E-state index contributed by atoms with van der Waals surface area (Å²) in [6.07, 6.45) is -5.06. The minimum Gasteiger partial charge on any atom is -0.464 e. The van der Waals surface area contributed by atoms with Crippen molar-refractivity contribution < 1.29 is 17.9 Å². The van der Waals surface area contributed by atoms with Crippen molar-refractivity contribution in [1.82, 2.24) is 4.98 Å². The third kappa shape index (κ3) is 3.53. The Morgan fingerprint density at radius 3 is 2.60 bits per heavy atom. The molecular formula is C8H6BrClF3NO. The highest BCUT2D eigenvalue weighted by Gasteiger charge is 2.38. The molecule has 1 aromatic heterocycles. The monoisotopic (exact) mass is 303 g/mol.